The third kappa shape index (κ3) is 3.88. The van der Waals surface area contributed by atoms with Crippen molar-refractivity contribution in [1.29, 1.82) is 0 Å². The van der Waals surface area contributed by atoms with Gasteiger partial charge in [0.2, 0.25) is 0 Å². The number of carbonyl (C=O) groups is 1. The van der Waals surface area contributed by atoms with Crippen LogP contribution in [-0.4, -0.2) is 19.6 Å². The van der Waals surface area contributed by atoms with Gasteiger partial charge in [0, 0.05) is 15.0 Å². The van der Waals surface area contributed by atoms with Crippen molar-refractivity contribution in [1.82, 2.24) is 5.32 Å². The molecule has 88 valence electrons. The van der Waals surface area contributed by atoms with Gasteiger partial charge < -0.3 is 10.1 Å². The van der Waals surface area contributed by atoms with E-state index >= 15 is 0 Å². The summed E-state index contributed by atoms with van der Waals surface area (Å²) in [5, 5.41) is 3.09. The number of hydrogen-bond acceptors (Lipinski definition) is 3. The summed E-state index contributed by atoms with van der Waals surface area (Å²) in [6.45, 7) is 2.21. The number of methoxy groups -OCH3 is 1. The molecule has 1 aromatic carbocycles. The Morgan fingerprint density at radius 1 is 1.50 bits per heavy atom. The zero-order chi connectivity index (χ0) is 12.1. The number of nitrogens with one attached hydrogen (secondary N) is 1. The van der Waals surface area contributed by atoms with Crippen molar-refractivity contribution in [3.8, 4) is 0 Å². The Labute approximate surface area is 112 Å². The highest BCUT2D eigenvalue weighted by atomic mass is 79.9. The lowest BCUT2D eigenvalue weighted by Crippen LogP contribution is -2.26. The number of benzene rings is 1. The second-order valence-corrected chi connectivity index (χ2v) is 5.11. The van der Waals surface area contributed by atoms with Crippen molar-refractivity contribution in [3.05, 3.63) is 32.7 Å². The monoisotopic (exact) mass is 349 g/mol. The maximum Gasteiger partial charge on any atom is 0.319 e. The summed E-state index contributed by atoms with van der Waals surface area (Å²) in [4.78, 5) is 11.0. The Bertz CT molecular complexity index is 382. The largest absolute Gasteiger partial charge is 0.468 e. The molecule has 0 aliphatic heterocycles. The van der Waals surface area contributed by atoms with Crippen LogP contribution in [0.1, 0.15) is 18.5 Å². The van der Waals surface area contributed by atoms with E-state index in [1.54, 1.807) is 0 Å². The van der Waals surface area contributed by atoms with E-state index in [9.17, 15) is 4.79 Å². The summed E-state index contributed by atoms with van der Waals surface area (Å²) in [6, 6.07) is 6.03. The van der Waals surface area contributed by atoms with Crippen molar-refractivity contribution in [2.75, 3.05) is 13.7 Å². The summed E-state index contributed by atoms with van der Waals surface area (Å²) in [5.41, 5.74) is 1.10. The third-order valence-electron chi connectivity index (χ3n) is 2.21. The molecule has 0 spiro atoms. The average Bonchev–Trinajstić information content (AvgIpc) is 2.25. The van der Waals surface area contributed by atoms with Gasteiger partial charge in [-0.25, -0.2) is 0 Å². The van der Waals surface area contributed by atoms with Crippen LogP contribution in [0.3, 0.4) is 0 Å². The first-order valence-corrected chi connectivity index (χ1v) is 6.38. The molecule has 0 fully saturated rings. The van der Waals surface area contributed by atoms with E-state index in [0.717, 1.165) is 14.5 Å². The Morgan fingerprint density at radius 2 is 2.19 bits per heavy atom. The smallest absolute Gasteiger partial charge is 0.319 e. The van der Waals surface area contributed by atoms with Gasteiger partial charge in [-0.1, -0.05) is 37.9 Å². The molecule has 0 heterocycles. The molecule has 0 saturated carbocycles. The van der Waals surface area contributed by atoms with Gasteiger partial charge in [0.25, 0.3) is 0 Å². The average molecular weight is 351 g/mol. The Kier molecular flexibility index (Phi) is 5.44. The van der Waals surface area contributed by atoms with E-state index < -0.39 is 0 Å². The maximum absolute atomic E-state index is 11.0. The lowest BCUT2D eigenvalue weighted by Gasteiger charge is -2.15. The molecule has 0 amide bonds. The van der Waals surface area contributed by atoms with E-state index in [1.807, 2.05) is 25.1 Å². The number of esters is 1. The van der Waals surface area contributed by atoms with Gasteiger partial charge in [-0.3, -0.25) is 4.79 Å². The van der Waals surface area contributed by atoms with Crippen LogP contribution in [0.5, 0.6) is 0 Å². The minimum Gasteiger partial charge on any atom is -0.468 e. The molecule has 1 unspecified atom stereocenters. The van der Waals surface area contributed by atoms with Crippen LogP contribution in [0, 0.1) is 0 Å². The molecule has 0 saturated heterocycles. The second kappa shape index (κ2) is 6.37. The minimum atomic E-state index is -0.264. The standard InChI is InChI=1S/C11H13Br2NO2/c1-7(14-6-11(15)16-2)9-4-3-8(12)5-10(9)13/h3-5,7,14H,6H2,1-2H3. The fraction of sp³-hybridized carbons (Fsp3) is 0.364. The van der Waals surface area contributed by atoms with Gasteiger partial charge in [0.15, 0.2) is 0 Å². The van der Waals surface area contributed by atoms with Crippen molar-refractivity contribution >= 4 is 37.8 Å². The fourth-order valence-corrected chi connectivity index (χ4v) is 2.66. The Balaban J connectivity index is 2.65. The highest BCUT2D eigenvalue weighted by Crippen LogP contribution is 2.26. The first kappa shape index (κ1) is 13.7. The molecule has 16 heavy (non-hydrogen) atoms. The van der Waals surface area contributed by atoms with Crippen LogP contribution in [0.4, 0.5) is 0 Å². The van der Waals surface area contributed by atoms with Gasteiger partial charge in [-0.05, 0) is 24.6 Å². The molecule has 1 rings (SSSR count). The molecule has 0 aliphatic carbocycles. The van der Waals surface area contributed by atoms with E-state index in [0.29, 0.717) is 0 Å². The predicted octanol–water partition coefficient (Wildman–Crippen LogP) is 3.04. The number of carbonyl (C=O) groups excluding carboxylic acids is 1. The number of hydrogen-bond donors (Lipinski definition) is 1. The van der Waals surface area contributed by atoms with Crippen molar-refractivity contribution in [2.24, 2.45) is 0 Å². The number of halogens is 2. The number of rotatable bonds is 4. The Morgan fingerprint density at radius 3 is 2.75 bits per heavy atom. The van der Waals surface area contributed by atoms with Gasteiger partial charge in [0.1, 0.15) is 0 Å². The van der Waals surface area contributed by atoms with Gasteiger partial charge in [-0.15, -0.1) is 0 Å². The summed E-state index contributed by atoms with van der Waals surface area (Å²) in [7, 11) is 1.38. The maximum atomic E-state index is 11.0. The third-order valence-corrected chi connectivity index (χ3v) is 3.39. The minimum absolute atomic E-state index is 0.0848. The molecule has 3 nitrogen and oxygen atoms in total. The van der Waals surface area contributed by atoms with Gasteiger partial charge in [-0.2, -0.15) is 0 Å². The van der Waals surface area contributed by atoms with E-state index in [2.05, 4.69) is 41.9 Å². The molecule has 0 aliphatic rings. The van der Waals surface area contributed by atoms with Crippen LogP contribution in [0.15, 0.2) is 27.1 Å². The van der Waals surface area contributed by atoms with Crippen molar-refractivity contribution in [2.45, 2.75) is 13.0 Å². The quantitative estimate of drug-likeness (QED) is 0.848. The predicted molar refractivity (Wildman–Crippen MR) is 70.3 cm³/mol. The zero-order valence-corrected chi connectivity index (χ0v) is 12.3. The first-order chi connectivity index (χ1) is 7.54. The highest BCUT2D eigenvalue weighted by molar-refractivity contribution is 9.11. The topological polar surface area (TPSA) is 38.3 Å². The molecule has 0 aromatic heterocycles. The molecule has 1 N–H and O–H groups in total. The van der Waals surface area contributed by atoms with Crippen LogP contribution >= 0.6 is 31.9 Å². The summed E-state index contributed by atoms with van der Waals surface area (Å²) < 4.78 is 6.59. The lowest BCUT2D eigenvalue weighted by atomic mass is 10.1. The highest BCUT2D eigenvalue weighted by Gasteiger charge is 2.10. The fourth-order valence-electron chi connectivity index (χ4n) is 1.27. The van der Waals surface area contributed by atoms with E-state index in [4.69, 9.17) is 0 Å². The number of ether oxygens (including phenoxy) is 1. The van der Waals surface area contributed by atoms with Crippen molar-refractivity contribution < 1.29 is 9.53 Å². The van der Waals surface area contributed by atoms with Crippen LogP contribution in [0.2, 0.25) is 0 Å². The van der Waals surface area contributed by atoms with Gasteiger partial charge in [0.05, 0.1) is 13.7 Å². The van der Waals surface area contributed by atoms with E-state index in [-0.39, 0.29) is 18.6 Å². The molecular formula is C11H13Br2NO2. The Hall–Kier alpha value is -0.390. The summed E-state index contributed by atoms with van der Waals surface area (Å²) in [5.74, 6) is -0.264. The SMILES string of the molecule is COC(=O)CNC(C)c1ccc(Br)cc1Br. The molecule has 5 heteroatoms. The van der Waals surface area contributed by atoms with Crippen LogP contribution in [-0.2, 0) is 9.53 Å². The van der Waals surface area contributed by atoms with Crippen LogP contribution in [0.25, 0.3) is 0 Å². The van der Waals surface area contributed by atoms with Crippen LogP contribution < -0.4 is 5.32 Å². The summed E-state index contributed by atoms with van der Waals surface area (Å²) >= 11 is 6.88. The molecule has 0 bridgehead atoms. The molecule has 1 atom stereocenters. The lowest BCUT2D eigenvalue weighted by molar-refractivity contribution is -0.139. The molecule has 1 aromatic rings. The van der Waals surface area contributed by atoms with Crippen molar-refractivity contribution in [3.63, 3.8) is 0 Å². The van der Waals surface area contributed by atoms with Gasteiger partial charge >= 0.3 is 5.97 Å². The zero-order valence-electron chi connectivity index (χ0n) is 9.09. The molecular weight excluding hydrogens is 338 g/mol. The summed E-state index contributed by atoms with van der Waals surface area (Å²) in [6.07, 6.45) is 0. The van der Waals surface area contributed by atoms with E-state index in [1.165, 1.54) is 7.11 Å². The second-order valence-electron chi connectivity index (χ2n) is 3.34. The molecule has 0 radical (unpaired) electrons. The first-order valence-electron chi connectivity index (χ1n) is 4.79. The normalized spacial score (nSPS) is 12.2.